The van der Waals surface area contributed by atoms with E-state index in [1.807, 2.05) is 4.90 Å². The fourth-order valence-electron chi connectivity index (χ4n) is 3.12. The Kier molecular flexibility index (Phi) is 5.61. The van der Waals surface area contributed by atoms with Crippen molar-refractivity contribution in [3.05, 3.63) is 35.4 Å². The van der Waals surface area contributed by atoms with Gasteiger partial charge in [-0.25, -0.2) is 0 Å². The quantitative estimate of drug-likeness (QED) is 0.848. The highest BCUT2D eigenvalue weighted by molar-refractivity contribution is 5.79. The van der Waals surface area contributed by atoms with Gasteiger partial charge in [-0.05, 0) is 42.7 Å². The maximum absolute atomic E-state index is 12.3. The van der Waals surface area contributed by atoms with Gasteiger partial charge in [-0.15, -0.1) is 0 Å². The average Bonchev–Trinajstić information content (AvgIpc) is 2.52. The van der Waals surface area contributed by atoms with E-state index < -0.39 is 0 Å². The molecule has 0 saturated carbocycles. The lowest BCUT2D eigenvalue weighted by atomic mass is 9.86. The maximum atomic E-state index is 12.3. The van der Waals surface area contributed by atoms with Crippen LogP contribution in [-0.2, 0) is 21.4 Å². The molecular weight excluding hydrogens is 286 g/mol. The van der Waals surface area contributed by atoms with Crippen LogP contribution in [0.25, 0.3) is 0 Å². The van der Waals surface area contributed by atoms with E-state index in [4.69, 9.17) is 0 Å². The molecule has 1 aromatic rings. The molecule has 1 aromatic carbocycles. The predicted molar refractivity (Wildman–Crippen MR) is 93.4 cm³/mol. The van der Waals surface area contributed by atoms with Crippen LogP contribution in [0.15, 0.2) is 24.3 Å². The van der Waals surface area contributed by atoms with Crippen molar-refractivity contribution >= 4 is 11.7 Å². The molecule has 2 rings (SSSR count). The SMILES string of the molecule is CC(=O)C1CCN(C(=O)CCc2ccc(C(C)(C)C)cc2)CC1. The number of rotatable bonds is 4. The Morgan fingerprint density at radius 1 is 1.09 bits per heavy atom. The van der Waals surface area contributed by atoms with Crippen molar-refractivity contribution < 1.29 is 9.59 Å². The fraction of sp³-hybridized carbons (Fsp3) is 0.600. The summed E-state index contributed by atoms with van der Waals surface area (Å²) in [5, 5.41) is 0. The van der Waals surface area contributed by atoms with Gasteiger partial charge in [0, 0.05) is 25.4 Å². The molecule has 0 aromatic heterocycles. The van der Waals surface area contributed by atoms with Gasteiger partial charge in [-0.1, -0.05) is 45.0 Å². The summed E-state index contributed by atoms with van der Waals surface area (Å²) in [4.78, 5) is 25.6. The van der Waals surface area contributed by atoms with E-state index in [1.165, 1.54) is 11.1 Å². The number of ketones is 1. The molecule has 0 atom stereocenters. The van der Waals surface area contributed by atoms with E-state index in [0.717, 1.165) is 32.4 Å². The van der Waals surface area contributed by atoms with Gasteiger partial charge in [0.1, 0.15) is 5.78 Å². The lowest BCUT2D eigenvalue weighted by Crippen LogP contribution is -2.40. The van der Waals surface area contributed by atoms with E-state index >= 15 is 0 Å². The normalized spacial score (nSPS) is 16.4. The van der Waals surface area contributed by atoms with E-state index in [2.05, 4.69) is 45.0 Å². The number of carbonyl (C=O) groups excluding carboxylic acids is 2. The number of nitrogens with zero attached hydrogens (tertiary/aromatic N) is 1. The standard InChI is InChI=1S/C20H29NO2/c1-15(22)17-11-13-21(14-12-17)19(23)10-7-16-5-8-18(9-6-16)20(2,3)4/h5-6,8-9,17H,7,10-14H2,1-4H3. The van der Waals surface area contributed by atoms with Crippen molar-refractivity contribution in [1.29, 1.82) is 0 Å². The highest BCUT2D eigenvalue weighted by atomic mass is 16.2. The monoisotopic (exact) mass is 315 g/mol. The molecule has 1 amide bonds. The van der Waals surface area contributed by atoms with Crippen molar-refractivity contribution in [2.45, 2.75) is 58.8 Å². The first-order valence-corrected chi connectivity index (χ1v) is 8.65. The van der Waals surface area contributed by atoms with Crippen molar-refractivity contribution in [2.75, 3.05) is 13.1 Å². The minimum atomic E-state index is 0.156. The van der Waals surface area contributed by atoms with Gasteiger partial charge in [0.15, 0.2) is 0 Å². The van der Waals surface area contributed by atoms with Crippen LogP contribution in [0.4, 0.5) is 0 Å². The summed E-state index contributed by atoms with van der Waals surface area (Å²) in [6.45, 7) is 9.73. The van der Waals surface area contributed by atoms with Crippen LogP contribution in [0.3, 0.4) is 0 Å². The second-order valence-corrected chi connectivity index (χ2v) is 7.71. The lowest BCUT2D eigenvalue weighted by Gasteiger charge is -2.31. The summed E-state index contributed by atoms with van der Waals surface area (Å²) >= 11 is 0. The number of amides is 1. The number of Topliss-reactive ketones (excluding diaryl/α,β-unsaturated/α-hetero) is 1. The summed E-state index contributed by atoms with van der Waals surface area (Å²) in [6, 6.07) is 8.60. The number of piperidine rings is 1. The molecule has 0 N–H and O–H groups in total. The van der Waals surface area contributed by atoms with Gasteiger partial charge in [0.05, 0.1) is 0 Å². The van der Waals surface area contributed by atoms with E-state index in [1.54, 1.807) is 6.92 Å². The number of likely N-dealkylation sites (tertiary alicyclic amines) is 1. The Bertz CT molecular complexity index is 546. The zero-order valence-corrected chi connectivity index (χ0v) is 14.9. The first-order chi connectivity index (χ1) is 10.8. The number of hydrogen-bond acceptors (Lipinski definition) is 2. The second kappa shape index (κ2) is 7.29. The molecule has 1 fully saturated rings. The van der Waals surface area contributed by atoms with Gasteiger partial charge in [-0.3, -0.25) is 9.59 Å². The maximum Gasteiger partial charge on any atom is 0.222 e. The van der Waals surface area contributed by atoms with Crippen molar-refractivity contribution in [3.8, 4) is 0 Å². The van der Waals surface area contributed by atoms with Crippen LogP contribution >= 0.6 is 0 Å². The highest BCUT2D eigenvalue weighted by Gasteiger charge is 2.24. The van der Waals surface area contributed by atoms with E-state index in [0.29, 0.717) is 6.42 Å². The number of carbonyl (C=O) groups is 2. The van der Waals surface area contributed by atoms with Crippen LogP contribution in [0, 0.1) is 5.92 Å². The Labute approximate surface area is 140 Å². The molecule has 1 aliphatic rings. The molecule has 3 nitrogen and oxygen atoms in total. The Balaban J connectivity index is 1.82. The molecule has 0 spiro atoms. The molecule has 23 heavy (non-hydrogen) atoms. The van der Waals surface area contributed by atoms with Crippen molar-refractivity contribution in [2.24, 2.45) is 5.92 Å². The molecule has 1 heterocycles. The van der Waals surface area contributed by atoms with Crippen LogP contribution in [-0.4, -0.2) is 29.7 Å². The van der Waals surface area contributed by atoms with Crippen molar-refractivity contribution in [1.82, 2.24) is 4.90 Å². The number of benzene rings is 1. The third-order valence-corrected chi connectivity index (χ3v) is 4.87. The van der Waals surface area contributed by atoms with E-state index in [9.17, 15) is 9.59 Å². The summed E-state index contributed by atoms with van der Waals surface area (Å²) < 4.78 is 0. The summed E-state index contributed by atoms with van der Waals surface area (Å²) in [5.41, 5.74) is 2.69. The molecule has 0 bridgehead atoms. The van der Waals surface area contributed by atoms with Gasteiger partial charge in [0.2, 0.25) is 5.91 Å². The minimum Gasteiger partial charge on any atom is -0.343 e. The van der Waals surface area contributed by atoms with Crippen LogP contribution in [0.2, 0.25) is 0 Å². The smallest absolute Gasteiger partial charge is 0.222 e. The largest absolute Gasteiger partial charge is 0.343 e. The van der Waals surface area contributed by atoms with Gasteiger partial charge >= 0.3 is 0 Å². The summed E-state index contributed by atoms with van der Waals surface area (Å²) in [7, 11) is 0. The molecular formula is C20H29NO2. The Morgan fingerprint density at radius 3 is 2.13 bits per heavy atom. The van der Waals surface area contributed by atoms with Gasteiger partial charge < -0.3 is 4.90 Å². The summed E-state index contributed by atoms with van der Waals surface area (Å²) in [5.74, 6) is 0.631. The zero-order chi connectivity index (χ0) is 17.0. The average molecular weight is 315 g/mol. The Hall–Kier alpha value is -1.64. The van der Waals surface area contributed by atoms with Gasteiger partial charge in [0.25, 0.3) is 0 Å². The molecule has 1 aliphatic heterocycles. The lowest BCUT2D eigenvalue weighted by molar-refractivity contribution is -0.134. The molecule has 0 unspecified atom stereocenters. The molecule has 126 valence electrons. The summed E-state index contributed by atoms with van der Waals surface area (Å²) in [6.07, 6.45) is 2.98. The minimum absolute atomic E-state index is 0.156. The highest BCUT2D eigenvalue weighted by Crippen LogP contribution is 2.23. The van der Waals surface area contributed by atoms with E-state index in [-0.39, 0.29) is 23.0 Å². The number of hydrogen-bond donors (Lipinski definition) is 0. The Morgan fingerprint density at radius 2 is 1.65 bits per heavy atom. The zero-order valence-electron chi connectivity index (χ0n) is 14.9. The third kappa shape index (κ3) is 4.92. The third-order valence-electron chi connectivity index (χ3n) is 4.87. The molecule has 1 saturated heterocycles. The van der Waals surface area contributed by atoms with Gasteiger partial charge in [-0.2, -0.15) is 0 Å². The first kappa shape index (κ1) is 17.7. The molecule has 3 heteroatoms. The fourth-order valence-corrected chi connectivity index (χ4v) is 3.12. The van der Waals surface area contributed by atoms with Crippen molar-refractivity contribution in [3.63, 3.8) is 0 Å². The first-order valence-electron chi connectivity index (χ1n) is 8.65. The topological polar surface area (TPSA) is 37.4 Å². The van der Waals surface area contributed by atoms with Crippen LogP contribution in [0.1, 0.15) is 58.1 Å². The predicted octanol–water partition coefficient (Wildman–Crippen LogP) is 3.74. The molecule has 0 aliphatic carbocycles. The second-order valence-electron chi connectivity index (χ2n) is 7.71. The number of aryl methyl sites for hydroxylation is 1. The van der Waals surface area contributed by atoms with Crippen LogP contribution in [0.5, 0.6) is 0 Å². The van der Waals surface area contributed by atoms with Crippen LogP contribution < -0.4 is 0 Å². The molecule has 0 radical (unpaired) electrons.